The highest BCUT2D eigenvalue weighted by Gasteiger charge is 2.54. The summed E-state index contributed by atoms with van der Waals surface area (Å²) in [4.78, 5) is 0. The van der Waals surface area contributed by atoms with E-state index in [9.17, 15) is 5.11 Å². The van der Waals surface area contributed by atoms with Gasteiger partial charge in [0.05, 0.1) is 33.0 Å². The van der Waals surface area contributed by atoms with Crippen LogP contribution in [0.15, 0.2) is 152 Å². The molecule has 1 aliphatic carbocycles. The Kier molecular flexibility index (Phi) is 12.0. The molecule has 0 amide bonds. The standard InChI is InChI=1S/C41H42O6/c42-36-37(43-26-31-16-6-1-7-17-31)39(45-28-33-20-10-3-11-21-33)41(47-30-35-24-14-5-15-25-35)40(46-29-34-22-12-4-13-23-34)38(36)44-27-32-18-8-2-9-19-32/h1-25,36-42H,26-30H2/t36-,37-,38+,39+,40-,41-. The lowest BCUT2D eigenvalue weighted by molar-refractivity contribution is -0.283. The van der Waals surface area contributed by atoms with Gasteiger partial charge in [0.2, 0.25) is 0 Å². The molecule has 1 aliphatic rings. The van der Waals surface area contributed by atoms with Crippen molar-refractivity contribution in [1.82, 2.24) is 0 Å². The topological polar surface area (TPSA) is 66.4 Å². The minimum absolute atomic E-state index is 0.292. The van der Waals surface area contributed by atoms with E-state index in [0.717, 1.165) is 27.8 Å². The van der Waals surface area contributed by atoms with Gasteiger partial charge in [-0.2, -0.15) is 0 Å². The lowest BCUT2D eigenvalue weighted by atomic mass is 9.83. The van der Waals surface area contributed by atoms with Crippen molar-refractivity contribution in [3.8, 4) is 0 Å². The van der Waals surface area contributed by atoms with Gasteiger partial charge in [-0.1, -0.05) is 152 Å². The molecule has 1 fully saturated rings. The first-order valence-electron chi connectivity index (χ1n) is 16.2. The van der Waals surface area contributed by atoms with E-state index in [1.165, 1.54) is 0 Å². The van der Waals surface area contributed by atoms with E-state index >= 15 is 0 Å². The van der Waals surface area contributed by atoms with Crippen LogP contribution in [0.5, 0.6) is 0 Å². The number of aliphatic hydroxyl groups excluding tert-OH is 1. The molecule has 0 heterocycles. The molecule has 6 nitrogen and oxygen atoms in total. The maximum Gasteiger partial charge on any atom is 0.116 e. The molecular weight excluding hydrogens is 588 g/mol. The highest BCUT2D eigenvalue weighted by atomic mass is 16.6. The summed E-state index contributed by atoms with van der Waals surface area (Å²) >= 11 is 0. The van der Waals surface area contributed by atoms with E-state index in [1.54, 1.807) is 0 Å². The second-order valence-electron chi connectivity index (χ2n) is 11.8. The lowest BCUT2D eigenvalue weighted by Crippen LogP contribution is -2.66. The van der Waals surface area contributed by atoms with Gasteiger partial charge in [-0.05, 0) is 27.8 Å². The van der Waals surface area contributed by atoms with Crippen LogP contribution in [-0.2, 0) is 56.7 Å². The highest BCUT2D eigenvalue weighted by Crippen LogP contribution is 2.35. The van der Waals surface area contributed by atoms with Gasteiger partial charge in [0, 0.05) is 0 Å². The number of hydrogen-bond donors (Lipinski definition) is 1. The first kappa shape index (κ1) is 32.8. The third kappa shape index (κ3) is 9.24. The predicted molar refractivity (Wildman–Crippen MR) is 181 cm³/mol. The van der Waals surface area contributed by atoms with Crippen LogP contribution in [0.3, 0.4) is 0 Å². The van der Waals surface area contributed by atoms with Crippen molar-refractivity contribution in [1.29, 1.82) is 0 Å². The summed E-state index contributed by atoms with van der Waals surface area (Å²) in [7, 11) is 0. The molecular formula is C41H42O6. The summed E-state index contributed by atoms with van der Waals surface area (Å²) < 4.78 is 33.3. The minimum atomic E-state index is -1.07. The maximum absolute atomic E-state index is 12.2. The van der Waals surface area contributed by atoms with Crippen molar-refractivity contribution in [2.24, 2.45) is 0 Å². The van der Waals surface area contributed by atoms with Crippen LogP contribution in [0, 0.1) is 0 Å². The van der Waals surface area contributed by atoms with Crippen molar-refractivity contribution in [2.45, 2.75) is 69.7 Å². The SMILES string of the molecule is O[C@@H]1[C@@H](OCc2ccccc2)[C@H](OCc2ccccc2)[C@@H](OCc2ccccc2)[C@H](OCc2ccccc2)[C@H]1OCc1ccccc1. The Morgan fingerprint density at radius 3 is 0.723 bits per heavy atom. The Bertz CT molecular complexity index is 1470. The van der Waals surface area contributed by atoms with Crippen molar-refractivity contribution in [3.05, 3.63) is 179 Å². The predicted octanol–water partition coefficient (Wildman–Crippen LogP) is 7.29. The molecule has 6 heteroatoms. The van der Waals surface area contributed by atoms with Crippen LogP contribution in [0.1, 0.15) is 27.8 Å². The Labute approximate surface area is 277 Å². The molecule has 0 aromatic heterocycles. The molecule has 6 rings (SSSR count). The molecule has 6 atom stereocenters. The smallest absolute Gasteiger partial charge is 0.116 e. The van der Waals surface area contributed by atoms with E-state index in [2.05, 4.69) is 0 Å². The zero-order chi connectivity index (χ0) is 32.1. The number of hydrogen-bond acceptors (Lipinski definition) is 6. The van der Waals surface area contributed by atoms with Crippen molar-refractivity contribution >= 4 is 0 Å². The molecule has 0 radical (unpaired) electrons. The van der Waals surface area contributed by atoms with E-state index < -0.39 is 36.6 Å². The highest BCUT2D eigenvalue weighted by molar-refractivity contribution is 5.18. The van der Waals surface area contributed by atoms with Gasteiger partial charge in [-0.3, -0.25) is 0 Å². The van der Waals surface area contributed by atoms with Gasteiger partial charge in [-0.25, -0.2) is 0 Å². The van der Waals surface area contributed by atoms with Crippen LogP contribution in [0.4, 0.5) is 0 Å². The molecule has 0 bridgehead atoms. The maximum atomic E-state index is 12.2. The van der Waals surface area contributed by atoms with Crippen LogP contribution in [0.2, 0.25) is 0 Å². The minimum Gasteiger partial charge on any atom is -0.387 e. The summed E-state index contributed by atoms with van der Waals surface area (Å²) in [6.45, 7) is 1.54. The Balaban J connectivity index is 1.35. The third-order valence-corrected chi connectivity index (χ3v) is 8.39. The van der Waals surface area contributed by atoms with E-state index in [0.29, 0.717) is 33.0 Å². The Hall–Kier alpha value is -4.14. The Morgan fingerprint density at radius 1 is 0.298 bits per heavy atom. The van der Waals surface area contributed by atoms with Gasteiger partial charge in [0.25, 0.3) is 0 Å². The molecule has 1 saturated carbocycles. The Morgan fingerprint density at radius 2 is 0.489 bits per heavy atom. The zero-order valence-electron chi connectivity index (χ0n) is 26.4. The summed E-state index contributed by atoms with van der Waals surface area (Å²) in [5.74, 6) is 0. The average molecular weight is 631 g/mol. The summed E-state index contributed by atoms with van der Waals surface area (Å²) in [6, 6.07) is 49.9. The molecule has 0 spiro atoms. The van der Waals surface area contributed by atoms with Gasteiger partial charge in [0.15, 0.2) is 0 Å². The van der Waals surface area contributed by atoms with E-state index in [-0.39, 0.29) is 0 Å². The summed E-state index contributed by atoms with van der Waals surface area (Å²) in [6.07, 6.45) is -4.58. The summed E-state index contributed by atoms with van der Waals surface area (Å²) in [5.41, 5.74) is 5.02. The van der Waals surface area contributed by atoms with Gasteiger partial charge >= 0.3 is 0 Å². The first-order chi connectivity index (χ1) is 23.2. The van der Waals surface area contributed by atoms with Crippen LogP contribution in [0.25, 0.3) is 0 Å². The monoisotopic (exact) mass is 630 g/mol. The molecule has 0 saturated heterocycles. The van der Waals surface area contributed by atoms with E-state index in [1.807, 2.05) is 152 Å². The number of ether oxygens (including phenoxy) is 5. The number of benzene rings is 5. The quantitative estimate of drug-likeness (QED) is 0.131. The number of rotatable bonds is 15. The van der Waals surface area contributed by atoms with Crippen molar-refractivity contribution in [2.75, 3.05) is 0 Å². The second kappa shape index (κ2) is 17.1. The van der Waals surface area contributed by atoms with Crippen molar-refractivity contribution < 1.29 is 28.8 Å². The molecule has 0 unspecified atom stereocenters. The molecule has 242 valence electrons. The number of aliphatic hydroxyl groups is 1. The molecule has 0 aliphatic heterocycles. The lowest BCUT2D eigenvalue weighted by Gasteiger charge is -2.48. The molecule has 5 aromatic rings. The van der Waals surface area contributed by atoms with Crippen LogP contribution >= 0.6 is 0 Å². The zero-order valence-corrected chi connectivity index (χ0v) is 26.4. The largest absolute Gasteiger partial charge is 0.387 e. The fourth-order valence-electron chi connectivity index (χ4n) is 5.93. The first-order valence-corrected chi connectivity index (χ1v) is 16.2. The van der Waals surface area contributed by atoms with Crippen LogP contribution in [-0.4, -0.2) is 41.7 Å². The fourth-order valence-corrected chi connectivity index (χ4v) is 5.93. The van der Waals surface area contributed by atoms with Gasteiger partial charge < -0.3 is 28.8 Å². The van der Waals surface area contributed by atoms with Crippen LogP contribution < -0.4 is 0 Å². The second-order valence-corrected chi connectivity index (χ2v) is 11.8. The molecule has 47 heavy (non-hydrogen) atoms. The average Bonchev–Trinajstić information content (AvgIpc) is 3.14. The van der Waals surface area contributed by atoms with Gasteiger partial charge in [0.1, 0.15) is 36.6 Å². The third-order valence-electron chi connectivity index (χ3n) is 8.39. The molecule has 5 aromatic carbocycles. The molecule has 1 N–H and O–H groups in total. The fraction of sp³-hybridized carbons (Fsp3) is 0.268. The van der Waals surface area contributed by atoms with Gasteiger partial charge in [-0.15, -0.1) is 0 Å². The van der Waals surface area contributed by atoms with Crippen molar-refractivity contribution in [3.63, 3.8) is 0 Å². The normalized spacial score (nSPS) is 22.6. The summed E-state index contributed by atoms with van der Waals surface area (Å²) in [5, 5.41) is 12.2. The van der Waals surface area contributed by atoms with E-state index in [4.69, 9.17) is 23.7 Å².